The molecule has 4 heterocycles. The Hall–Kier alpha value is -5.15. The number of hydrogen-bond acceptors (Lipinski definition) is 9. The summed E-state index contributed by atoms with van der Waals surface area (Å²) >= 11 is 0. The number of nitrogens with zero attached hydrogens (tertiary/aromatic N) is 6. The molecule has 0 aromatic heterocycles. The van der Waals surface area contributed by atoms with Crippen LogP contribution in [0.15, 0.2) is 65.8 Å². The lowest BCUT2D eigenvalue weighted by molar-refractivity contribution is -0.162. The third kappa shape index (κ3) is 9.58. The number of likely N-dealkylation sites (N-methyl/N-ethyl adjacent to an activating group) is 1. The van der Waals surface area contributed by atoms with Crippen molar-refractivity contribution >= 4 is 41.7 Å². The molecule has 4 aliphatic rings. The number of nitrogens with one attached hydrogen (secondary N) is 3. The van der Waals surface area contributed by atoms with Gasteiger partial charge in [-0.15, -0.1) is 0 Å². The molecule has 15 nitrogen and oxygen atoms in total. The summed E-state index contributed by atoms with van der Waals surface area (Å²) in [7, 11) is 5.49. The minimum absolute atomic E-state index is 0.00914. The number of hydrogen-bond donors (Lipinski definition) is 3. The molecule has 6 rings (SSSR count). The fourth-order valence-electron chi connectivity index (χ4n) is 8.64. The summed E-state index contributed by atoms with van der Waals surface area (Å²) in [6.45, 7) is 5.11. The van der Waals surface area contributed by atoms with Gasteiger partial charge in [-0.3, -0.25) is 33.8 Å². The summed E-state index contributed by atoms with van der Waals surface area (Å²) in [5, 5.41) is 12.9. The second-order valence-corrected chi connectivity index (χ2v) is 16.5. The van der Waals surface area contributed by atoms with Gasteiger partial charge in [0.1, 0.15) is 36.3 Å². The summed E-state index contributed by atoms with van der Waals surface area (Å²) < 4.78 is 0. The normalized spacial score (nSPS) is 28.3. The maximum atomic E-state index is 15.0. The molecular weight excluding hydrogens is 739 g/mol. The van der Waals surface area contributed by atoms with Crippen molar-refractivity contribution in [1.82, 2.24) is 40.8 Å². The molecule has 8 atom stereocenters. The van der Waals surface area contributed by atoms with Crippen molar-refractivity contribution in [2.75, 3.05) is 40.8 Å². The second kappa shape index (κ2) is 19.1. The highest BCUT2D eigenvalue weighted by Gasteiger charge is 2.47. The van der Waals surface area contributed by atoms with Crippen LogP contribution in [0, 0.1) is 11.8 Å². The van der Waals surface area contributed by atoms with E-state index in [4.69, 9.17) is 0 Å². The molecule has 0 saturated carbocycles. The first-order chi connectivity index (χ1) is 27.9. The molecule has 58 heavy (non-hydrogen) atoms. The van der Waals surface area contributed by atoms with Gasteiger partial charge in [0, 0.05) is 45.7 Å². The van der Waals surface area contributed by atoms with Crippen LogP contribution < -0.4 is 16.1 Å². The maximum Gasteiger partial charge on any atom is 0.266 e. The third-order valence-corrected chi connectivity index (χ3v) is 12.0. The average molecular weight is 798 g/mol. The van der Waals surface area contributed by atoms with Crippen LogP contribution >= 0.6 is 0 Å². The third-order valence-electron chi connectivity index (χ3n) is 12.0. The van der Waals surface area contributed by atoms with Crippen molar-refractivity contribution in [2.45, 2.75) is 101 Å². The fraction of sp³-hybridized carbons (Fsp3) is 0.558. The summed E-state index contributed by atoms with van der Waals surface area (Å²) in [5.74, 6) is -3.28. The van der Waals surface area contributed by atoms with Gasteiger partial charge < -0.3 is 25.3 Å². The number of carbonyl (C=O) groups excluding carboxylic acids is 6. The number of fused-ring (bicyclic) bond motifs is 3. The SMILES string of the molecule is CC[C@H](C)[C@@H]1NC(=O)[C@@H](Cc2ccccc2)NC(=O)[C@@H]2CCCN2C(=O)[C@@H](Cc2ccccc2)N(C)C(=O)[C@@H]2CC(CN(C)C)CNN2C(=O)[C@H]2CCC=NN2C1=O. The monoisotopic (exact) mass is 797 g/mol. The molecule has 0 spiro atoms. The van der Waals surface area contributed by atoms with E-state index in [-0.39, 0.29) is 37.0 Å². The molecule has 3 fully saturated rings. The van der Waals surface area contributed by atoms with Crippen LogP contribution in [0.5, 0.6) is 0 Å². The topological polar surface area (TPSA) is 167 Å². The standard InChI is InChI=1S/C43H59N9O6/c1-6-28(2)37-43(58)51-34(19-13-21-44-51)42(57)52-36(25-31(26-45-52)27-48(3)4)40(55)49(5)35(24-30-17-11-8-12-18-30)41(56)50-22-14-20-33(50)39(54)46-32(38(53)47-37)23-29-15-9-7-10-16-29/h7-12,15-18,21,28,31-37,45H,6,13-14,19-20,22-27H2,1-5H3,(H,46,54)(H,47,53)/t28-,31?,32+,33-,34+,35+,36-,37-/m0/s1. The molecule has 2 aromatic rings. The molecule has 0 bridgehead atoms. The first-order valence-corrected chi connectivity index (χ1v) is 20.7. The van der Waals surface area contributed by atoms with Crippen molar-refractivity contribution in [2.24, 2.45) is 16.9 Å². The Balaban J connectivity index is 1.45. The minimum atomic E-state index is -1.09. The lowest BCUT2D eigenvalue weighted by atomic mass is 9.93. The van der Waals surface area contributed by atoms with Gasteiger partial charge in [-0.05, 0) is 69.2 Å². The van der Waals surface area contributed by atoms with E-state index in [9.17, 15) is 28.8 Å². The van der Waals surface area contributed by atoms with Gasteiger partial charge in [-0.2, -0.15) is 5.10 Å². The summed E-state index contributed by atoms with van der Waals surface area (Å²) in [6.07, 6.45) is 4.34. The van der Waals surface area contributed by atoms with Crippen molar-refractivity contribution in [1.29, 1.82) is 0 Å². The zero-order chi connectivity index (χ0) is 41.5. The molecular formula is C43H59N9O6. The number of hydrazone groups is 1. The van der Waals surface area contributed by atoms with E-state index in [2.05, 4.69) is 21.2 Å². The van der Waals surface area contributed by atoms with Crippen LogP contribution in [0.25, 0.3) is 0 Å². The van der Waals surface area contributed by atoms with E-state index in [0.29, 0.717) is 51.7 Å². The number of hydrazine groups is 1. The van der Waals surface area contributed by atoms with Gasteiger partial charge >= 0.3 is 0 Å². The van der Waals surface area contributed by atoms with Crippen molar-refractivity contribution in [3.05, 3.63) is 71.8 Å². The second-order valence-electron chi connectivity index (χ2n) is 16.5. The van der Waals surface area contributed by atoms with Crippen LogP contribution in [0.3, 0.4) is 0 Å². The maximum absolute atomic E-state index is 15.0. The number of amides is 6. The average Bonchev–Trinajstić information content (AvgIpc) is 3.74. The fourth-order valence-corrected chi connectivity index (χ4v) is 8.64. The van der Waals surface area contributed by atoms with Crippen LogP contribution in [-0.2, 0) is 41.6 Å². The van der Waals surface area contributed by atoms with E-state index < -0.39 is 65.8 Å². The Labute approximate surface area is 341 Å². The van der Waals surface area contributed by atoms with Crippen LogP contribution in [0.1, 0.15) is 63.5 Å². The molecule has 312 valence electrons. The largest absolute Gasteiger partial charge is 0.342 e. The molecule has 1 unspecified atom stereocenters. The molecule has 6 amide bonds. The van der Waals surface area contributed by atoms with Crippen LogP contribution in [0.4, 0.5) is 0 Å². The zero-order valence-electron chi connectivity index (χ0n) is 34.4. The Morgan fingerprint density at radius 3 is 2.12 bits per heavy atom. The predicted molar refractivity (Wildman–Crippen MR) is 219 cm³/mol. The Kier molecular flexibility index (Phi) is 14.0. The lowest BCUT2D eigenvalue weighted by Gasteiger charge is -2.44. The van der Waals surface area contributed by atoms with Gasteiger partial charge in [0.25, 0.3) is 11.8 Å². The molecule has 3 saturated heterocycles. The lowest BCUT2D eigenvalue weighted by Crippen LogP contribution is -2.67. The Bertz CT molecular complexity index is 1830. The summed E-state index contributed by atoms with van der Waals surface area (Å²) in [5.41, 5.74) is 4.87. The Morgan fingerprint density at radius 2 is 1.47 bits per heavy atom. The van der Waals surface area contributed by atoms with Crippen molar-refractivity contribution in [3.63, 3.8) is 0 Å². The van der Waals surface area contributed by atoms with Crippen molar-refractivity contribution < 1.29 is 28.8 Å². The smallest absolute Gasteiger partial charge is 0.266 e. The van der Waals surface area contributed by atoms with Crippen LogP contribution in [-0.4, -0.2) is 143 Å². The van der Waals surface area contributed by atoms with Gasteiger partial charge in [0.15, 0.2) is 0 Å². The highest BCUT2D eigenvalue weighted by Crippen LogP contribution is 2.28. The highest BCUT2D eigenvalue weighted by molar-refractivity contribution is 5.99. The first kappa shape index (κ1) is 42.5. The number of rotatable bonds is 8. The Morgan fingerprint density at radius 1 is 0.793 bits per heavy atom. The van der Waals surface area contributed by atoms with E-state index in [1.54, 1.807) is 13.3 Å². The van der Waals surface area contributed by atoms with E-state index >= 15 is 0 Å². The molecule has 0 radical (unpaired) electrons. The van der Waals surface area contributed by atoms with Gasteiger partial charge in [-0.25, -0.2) is 10.4 Å². The van der Waals surface area contributed by atoms with Crippen molar-refractivity contribution in [3.8, 4) is 0 Å². The van der Waals surface area contributed by atoms with Gasteiger partial charge in [0.05, 0.1) is 0 Å². The summed E-state index contributed by atoms with van der Waals surface area (Å²) in [6, 6.07) is 12.5. The molecule has 4 aliphatic heterocycles. The number of carbonyl (C=O) groups is 6. The zero-order valence-corrected chi connectivity index (χ0v) is 34.4. The van der Waals surface area contributed by atoms with E-state index in [1.807, 2.05) is 93.5 Å². The molecule has 2 aromatic carbocycles. The predicted octanol–water partition coefficient (Wildman–Crippen LogP) is 1.58. The molecule has 15 heteroatoms. The minimum Gasteiger partial charge on any atom is -0.342 e. The van der Waals surface area contributed by atoms with Gasteiger partial charge in [0.2, 0.25) is 23.6 Å². The van der Waals surface area contributed by atoms with Crippen LogP contribution in [0.2, 0.25) is 0 Å². The molecule has 3 N–H and O–H groups in total. The molecule has 0 aliphatic carbocycles. The number of benzene rings is 2. The quantitative estimate of drug-likeness (QED) is 0.362. The highest BCUT2D eigenvalue weighted by atomic mass is 16.2. The van der Waals surface area contributed by atoms with E-state index in [1.165, 1.54) is 14.8 Å². The first-order valence-electron chi connectivity index (χ1n) is 20.7. The van der Waals surface area contributed by atoms with Gasteiger partial charge in [-0.1, -0.05) is 80.9 Å². The van der Waals surface area contributed by atoms with E-state index in [0.717, 1.165) is 16.1 Å². The summed E-state index contributed by atoms with van der Waals surface area (Å²) in [4.78, 5) is 93.1.